The average Bonchev–Trinajstić information content (AvgIpc) is 3.72. The third-order valence-electron chi connectivity index (χ3n) is 7.60. The molecule has 0 spiro atoms. The maximum atomic E-state index is 14.2. The Hall–Kier alpha value is -2.57. The van der Waals surface area contributed by atoms with Gasteiger partial charge in [0.15, 0.2) is 0 Å². The minimum absolute atomic E-state index is 0.0260. The molecule has 0 bridgehead atoms. The number of nitrogens with zero attached hydrogens (tertiary/aromatic N) is 1. The van der Waals surface area contributed by atoms with E-state index in [0.29, 0.717) is 18.0 Å². The topological polar surface area (TPSA) is 60.3 Å². The highest BCUT2D eigenvalue weighted by molar-refractivity contribution is 6.31. The second-order valence-electron chi connectivity index (χ2n) is 10.4. The molecule has 0 unspecified atom stereocenters. The van der Waals surface area contributed by atoms with Gasteiger partial charge in [0.2, 0.25) is 5.43 Å². The number of hydrogen-bond donors (Lipinski definition) is 1. The fraction of sp³-hybridized carbons (Fsp3) is 0.448. The fourth-order valence-corrected chi connectivity index (χ4v) is 5.56. The number of pyridine rings is 1. The van der Waals surface area contributed by atoms with E-state index in [-0.39, 0.29) is 34.0 Å². The van der Waals surface area contributed by atoms with Crippen molar-refractivity contribution in [2.75, 3.05) is 6.61 Å². The standard InChI is InChI=1S/C29H31Cl2FN2O3/c1-17-13-21(10-11-24(17)30)37-12-2-3-18-4-6-19(7-5-18)33-29(36)23-16-34(20-8-9-20)27-15-25(31)26(32)14-22(27)28(23)35/h10-11,13-16,18-20H,2-9,12H2,1H3,(H,33,36). The summed E-state index contributed by atoms with van der Waals surface area (Å²) in [5.74, 6) is 0.405. The number of halogens is 3. The van der Waals surface area contributed by atoms with Crippen molar-refractivity contribution in [3.63, 3.8) is 0 Å². The fourth-order valence-electron chi connectivity index (χ4n) is 5.29. The highest BCUT2D eigenvalue weighted by Gasteiger charge is 2.29. The van der Waals surface area contributed by atoms with Crippen molar-refractivity contribution in [2.45, 2.75) is 70.4 Å². The van der Waals surface area contributed by atoms with Crippen molar-refractivity contribution in [3.05, 3.63) is 73.7 Å². The highest BCUT2D eigenvalue weighted by Crippen LogP contribution is 2.38. The summed E-state index contributed by atoms with van der Waals surface area (Å²) in [7, 11) is 0. The second kappa shape index (κ2) is 11.0. The van der Waals surface area contributed by atoms with Crippen molar-refractivity contribution in [1.29, 1.82) is 0 Å². The van der Waals surface area contributed by atoms with Gasteiger partial charge in [-0.3, -0.25) is 9.59 Å². The van der Waals surface area contributed by atoms with Crippen LogP contribution in [0.2, 0.25) is 10.0 Å². The number of fused-ring (bicyclic) bond motifs is 1. The smallest absolute Gasteiger partial charge is 0.256 e. The van der Waals surface area contributed by atoms with E-state index in [2.05, 4.69) is 5.32 Å². The number of hydrogen-bond acceptors (Lipinski definition) is 3. The molecule has 1 heterocycles. The molecule has 3 aromatic rings. The lowest BCUT2D eigenvalue weighted by Crippen LogP contribution is -2.39. The Labute approximate surface area is 225 Å². The lowest BCUT2D eigenvalue weighted by molar-refractivity contribution is 0.0919. The van der Waals surface area contributed by atoms with Crippen molar-refractivity contribution in [2.24, 2.45) is 5.92 Å². The van der Waals surface area contributed by atoms with Gasteiger partial charge in [0, 0.05) is 28.7 Å². The molecule has 37 heavy (non-hydrogen) atoms. The Morgan fingerprint density at radius 1 is 1.08 bits per heavy atom. The zero-order chi connectivity index (χ0) is 26.1. The average molecular weight is 545 g/mol. The first-order chi connectivity index (χ1) is 17.8. The zero-order valence-electron chi connectivity index (χ0n) is 20.9. The number of aryl methyl sites for hydroxylation is 1. The SMILES string of the molecule is Cc1cc(OCCCC2CCC(NC(=O)c3cn(C4CC4)c4cc(Cl)c(F)cc4c3=O)CC2)ccc1Cl. The molecule has 0 atom stereocenters. The first kappa shape index (κ1) is 26.1. The molecule has 1 amide bonds. The minimum atomic E-state index is -0.654. The quantitative estimate of drug-likeness (QED) is 0.304. The second-order valence-corrected chi connectivity index (χ2v) is 11.2. The van der Waals surface area contributed by atoms with Gasteiger partial charge in [-0.25, -0.2) is 4.39 Å². The molecule has 196 valence electrons. The number of amides is 1. The molecule has 5 nitrogen and oxygen atoms in total. The van der Waals surface area contributed by atoms with E-state index >= 15 is 0 Å². The van der Waals surface area contributed by atoms with Crippen molar-refractivity contribution < 1.29 is 13.9 Å². The maximum Gasteiger partial charge on any atom is 0.256 e. The summed E-state index contributed by atoms with van der Waals surface area (Å²) in [5.41, 5.74) is 1.19. The Kier molecular flexibility index (Phi) is 7.77. The largest absolute Gasteiger partial charge is 0.494 e. The van der Waals surface area contributed by atoms with Gasteiger partial charge in [-0.1, -0.05) is 23.2 Å². The highest BCUT2D eigenvalue weighted by atomic mass is 35.5. The number of nitrogens with one attached hydrogen (secondary N) is 1. The summed E-state index contributed by atoms with van der Waals surface area (Å²) >= 11 is 12.0. The van der Waals surface area contributed by atoms with E-state index in [1.165, 1.54) is 6.07 Å². The lowest BCUT2D eigenvalue weighted by atomic mass is 9.83. The number of rotatable bonds is 8. The third kappa shape index (κ3) is 5.96. The van der Waals surface area contributed by atoms with Gasteiger partial charge < -0.3 is 14.6 Å². The van der Waals surface area contributed by atoms with Gasteiger partial charge in [-0.15, -0.1) is 0 Å². The van der Waals surface area contributed by atoms with Crippen LogP contribution < -0.4 is 15.5 Å². The third-order valence-corrected chi connectivity index (χ3v) is 8.31. The maximum absolute atomic E-state index is 14.2. The lowest BCUT2D eigenvalue weighted by Gasteiger charge is -2.29. The first-order valence-electron chi connectivity index (χ1n) is 13.0. The molecule has 2 fully saturated rings. The Morgan fingerprint density at radius 2 is 1.84 bits per heavy atom. The van der Waals surface area contributed by atoms with Crippen LogP contribution in [0.3, 0.4) is 0 Å². The number of carbonyl (C=O) groups excluding carboxylic acids is 1. The van der Waals surface area contributed by atoms with Crippen LogP contribution in [-0.4, -0.2) is 23.1 Å². The van der Waals surface area contributed by atoms with Crippen LogP contribution in [0.1, 0.15) is 73.3 Å². The molecular formula is C29H31Cl2FN2O3. The van der Waals surface area contributed by atoms with Gasteiger partial charge in [0.1, 0.15) is 17.1 Å². The molecule has 1 N–H and O–H groups in total. The summed E-state index contributed by atoms with van der Waals surface area (Å²) < 4.78 is 21.9. The summed E-state index contributed by atoms with van der Waals surface area (Å²) in [5, 5.41) is 3.97. The van der Waals surface area contributed by atoms with Gasteiger partial charge in [0.05, 0.1) is 17.1 Å². The number of carbonyl (C=O) groups is 1. The van der Waals surface area contributed by atoms with Gasteiger partial charge in [0.25, 0.3) is 5.91 Å². The molecule has 2 aromatic carbocycles. The summed E-state index contributed by atoms with van der Waals surface area (Å²) in [6, 6.07) is 8.58. The molecule has 0 aliphatic heterocycles. The van der Waals surface area contributed by atoms with Crippen LogP contribution >= 0.6 is 23.2 Å². The summed E-state index contributed by atoms with van der Waals surface area (Å²) in [4.78, 5) is 26.2. The molecule has 2 aliphatic carbocycles. The van der Waals surface area contributed by atoms with Crippen molar-refractivity contribution in [1.82, 2.24) is 9.88 Å². The molecule has 0 radical (unpaired) electrons. The summed E-state index contributed by atoms with van der Waals surface area (Å²) in [6.45, 7) is 2.63. The summed E-state index contributed by atoms with van der Waals surface area (Å²) in [6.07, 6.45) is 9.41. The van der Waals surface area contributed by atoms with Crippen LogP contribution in [0.25, 0.3) is 10.9 Å². The van der Waals surface area contributed by atoms with Crippen LogP contribution in [0, 0.1) is 18.7 Å². The Balaban J connectivity index is 1.15. The molecule has 5 rings (SSSR count). The van der Waals surface area contributed by atoms with E-state index in [4.69, 9.17) is 27.9 Å². The molecule has 0 saturated heterocycles. The van der Waals surface area contributed by atoms with Gasteiger partial charge in [-0.05, 0) is 100 Å². The monoisotopic (exact) mass is 544 g/mol. The Morgan fingerprint density at radius 3 is 2.54 bits per heavy atom. The molecule has 2 saturated carbocycles. The number of ether oxygens (including phenoxy) is 1. The van der Waals surface area contributed by atoms with Crippen LogP contribution in [0.5, 0.6) is 5.75 Å². The van der Waals surface area contributed by atoms with Crippen molar-refractivity contribution in [3.8, 4) is 5.75 Å². The number of benzene rings is 2. The van der Waals surface area contributed by atoms with E-state index < -0.39 is 11.2 Å². The van der Waals surface area contributed by atoms with Gasteiger partial charge in [-0.2, -0.15) is 0 Å². The number of aromatic nitrogens is 1. The zero-order valence-corrected chi connectivity index (χ0v) is 22.4. The van der Waals surface area contributed by atoms with Crippen molar-refractivity contribution >= 4 is 40.0 Å². The molecule has 1 aromatic heterocycles. The van der Waals surface area contributed by atoms with E-state index in [0.717, 1.165) is 73.8 Å². The van der Waals surface area contributed by atoms with Crippen LogP contribution in [-0.2, 0) is 0 Å². The van der Waals surface area contributed by atoms with E-state index in [9.17, 15) is 14.0 Å². The normalized spacial score (nSPS) is 19.7. The van der Waals surface area contributed by atoms with E-state index in [1.54, 1.807) is 6.20 Å². The molecule has 2 aliphatic rings. The molecular weight excluding hydrogens is 514 g/mol. The Bertz CT molecular complexity index is 1380. The van der Waals surface area contributed by atoms with Crippen LogP contribution in [0.4, 0.5) is 4.39 Å². The molecule has 8 heteroatoms. The minimum Gasteiger partial charge on any atom is -0.494 e. The van der Waals surface area contributed by atoms with E-state index in [1.807, 2.05) is 29.7 Å². The predicted molar refractivity (Wildman–Crippen MR) is 146 cm³/mol. The first-order valence-corrected chi connectivity index (χ1v) is 13.8. The van der Waals surface area contributed by atoms with Crippen LogP contribution in [0.15, 0.2) is 41.3 Å². The predicted octanol–water partition coefficient (Wildman–Crippen LogP) is 7.24. The van der Waals surface area contributed by atoms with Gasteiger partial charge >= 0.3 is 0 Å².